The van der Waals surface area contributed by atoms with Gasteiger partial charge in [-0.1, -0.05) is 0 Å². The molecular formula is C8H5N5. The van der Waals surface area contributed by atoms with Gasteiger partial charge in [-0.25, -0.2) is 9.97 Å². The molecule has 1 aromatic carbocycles. The number of nitrogens with zero attached hydrogens (tertiary/aromatic N) is 4. The minimum absolute atomic E-state index is 0.850. The summed E-state index contributed by atoms with van der Waals surface area (Å²) in [6.07, 6.45) is 3.25. The van der Waals surface area contributed by atoms with Gasteiger partial charge in [-0.05, 0) is 12.1 Å². The molecular weight excluding hydrogens is 166 g/mol. The van der Waals surface area contributed by atoms with Crippen LogP contribution in [0.1, 0.15) is 0 Å². The largest absolute Gasteiger partial charge is 0.235 e. The number of H-pyrrole nitrogens is 1. The second-order valence-electron chi connectivity index (χ2n) is 2.71. The number of nitrogens with one attached hydrogen (secondary N) is 1. The summed E-state index contributed by atoms with van der Waals surface area (Å²) in [7, 11) is 0. The highest BCUT2D eigenvalue weighted by Gasteiger charge is 2.03. The van der Waals surface area contributed by atoms with Crippen molar-refractivity contribution in [1.29, 1.82) is 0 Å². The van der Waals surface area contributed by atoms with Crippen LogP contribution in [0.25, 0.3) is 21.9 Å². The molecule has 5 heteroatoms. The number of rotatable bonds is 0. The first-order valence-corrected chi connectivity index (χ1v) is 3.84. The predicted octanol–water partition coefficient (Wildman–Crippen LogP) is 0.901. The van der Waals surface area contributed by atoms with Crippen molar-refractivity contribution in [1.82, 2.24) is 25.4 Å². The average Bonchev–Trinajstić information content (AvgIpc) is 2.65. The highest BCUT2D eigenvalue weighted by Crippen LogP contribution is 2.18. The lowest BCUT2D eigenvalue weighted by Crippen LogP contribution is -1.87. The van der Waals surface area contributed by atoms with Gasteiger partial charge < -0.3 is 0 Å². The zero-order chi connectivity index (χ0) is 8.67. The Hall–Kier alpha value is -2.04. The molecule has 0 fully saturated rings. The Kier molecular flexibility index (Phi) is 1.11. The summed E-state index contributed by atoms with van der Waals surface area (Å²) in [4.78, 5) is 8.23. The smallest absolute Gasteiger partial charge is 0.116 e. The minimum atomic E-state index is 0.850. The summed E-state index contributed by atoms with van der Waals surface area (Å²) >= 11 is 0. The first-order chi connectivity index (χ1) is 6.45. The first-order valence-electron chi connectivity index (χ1n) is 3.84. The van der Waals surface area contributed by atoms with Gasteiger partial charge in [0.25, 0.3) is 0 Å². The minimum Gasteiger partial charge on any atom is -0.235 e. The second-order valence-corrected chi connectivity index (χ2v) is 2.71. The Labute approximate surface area is 72.8 Å². The van der Waals surface area contributed by atoms with E-state index in [1.54, 1.807) is 12.5 Å². The Morgan fingerprint density at radius 1 is 1.08 bits per heavy atom. The number of fused-ring (bicyclic) bond motifs is 3. The van der Waals surface area contributed by atoms with E-state index in [0.29, 0.717) is 0 Å². The van der Waals surface area contributed by atoms with Gasteiger partial charge in [0.1, 0.15) is 11.8 Å². The third kappa shape index (κ3) is 0.807. The molecule has 0 bridgehead atoms. The first kappa shape index (κ1) is 6.47. The predicted molar refractivity (Wildman–Crippen MR) is 47.0 cm³/mol. The lowest BCUT2D eigenvalue weighted by atomic mass is 10.2. The molecule has 2 heterocycles. The van der Waals surface area contributed by atoms with Crippen molar-refractivity contribution in [2.45, 2.75) is 0 Å². The summed E-state index contributed by atoms with van der Waals surface area (Å²) in [5.74, 6) is 0. The molecule has 0 saturated heterocycles. The van der Waals surface area contributed by atoms with E-state index in [-0.39, 0.29) is 0 Å². The molecule has 0 aliphatic carbocycles. The van der Waals surface area contributed by atoms with E-state index in [9.17, 15) is 0 Å². The fourth-order valence-corrected chi connectivity index (χ4v) is 1.38. The van der Waals surface area contributed by atoms with Gasteiger partial charge in [-0.15, -0.1) is 0 Å². The second kappa shape index (κ2) is 2.22. The van der Waals surface area contributed by atoms with E-state index in [2.05, 4.69) is 25.4 Å². The number of benzene rings is 1. The Morgan fingerprint density at radius 2 is 2.00 bits per heavy atom. The van der Waals surface area contributed by atoms with Gasteiger partial charge in [0, 0.05) is 0 Å². The number of aromatic nitrogens is 5. The molecule has 62 valence electrons. The Morgan fingerprint density at radius 3 is 3.00 bits per heavy atom. The van der Waals surface area contributed by atoms with E-state index in [1.807, 2.05) is 12.1 Å². The van der Waals surface area contributed by atoms with Crippen LogP contribution in [0, 0.1) is 0 Å². The fraction of sp³-hybridized carbons (Fsp3) is 0. The van der Waals surface area contributed by atoms with Gasteiger partial charge in [-0.2, -0.15) is 15.4 Å². The Bertz CT molecular complexity index is 571. The molecule has 2 aromatic heterocycles. The molecule has 0 amide bonds. The van der Waals surface area contributed by atoms with Crippen LogP contribution in [0.15, 0.2) is 24.7 Å². The molecule has 0 aliphatic heterocycles. The lowest BCUT2D eigenvalue weighted by Gasteiger charge is -1.94. The molecule has 13 heavy (non-hydrogen) atoms. The number of aromatic amines is 1. The highest BCUT2D eigenvalue weighted by molar-refractivity contribution is 6.01. The normalized spacial score (nSPS) is 11.1. The van der Waals surface area contributed by atoms with Crippen molar-refractivity contribution in [3.63, 3.8) is 0 Å². The van der Waals surface area contributed by atoms with Crippen molar-refractivity contribution >= 4 is 21.9 Å². The third-order valence-corrected chi connectivity index (χ3v) is 1.98. The molecule has 3 rings (SSSR count). The number of imidazole rings is 1. The van der Waals surface area contributed by atoms with Crippen LogP contribution in [-0.2, 0) is 0 Å². The van der Waals surface area contributed by atoms with Crippen molar-refractivity contribution in [2.24, 2.45) is 0 Å². The van der Waals surface area contributed by atoms with Gasteiger partial charge in [0.15, 0.2) is 0 Å². The standard InChI is InChI=1S/C8H5N5/c1-2-7-8(10-4-9-7)5-3-11-13-12-6(1)5/h1-4,13H. The van der Waals surface area contributed by atoms with Crippen LogP contribution in [0.3, 0.4) is 0 Å². The summed E-state index contributed by atoms with van der Waals surface area (Å²) in [5, 5.41) is 11.3. The topological polar surface area (TPSA) is 67.3 Å². The fourth-order valence-electron chi connectivity index (χ4n) is 1.38. The molecule has 0 atom stereocenters. The molecule has 5 nitrogen and oxygen atoms in total. The molecule has 1 N–H and O–H groups in total. The van der Waals surface area contributed by atoms with E-state index >= 15 is 0 Å². The summed E-state index contributed by atoms with van der Waals surface area (Å²) < 4.78 is 0. The maximum Gasteiger partial charge on any atom is 0.116 e. The zero-order valence-electron chi connectivity index (χ0n) is 6.60. The van der Waals surface area contributed by atoms with Gasteiger partial charge in [0.05, 0.1) is 22.6 Å². The highest BCUT2D eigenvalue weighted by atomic mass is 15.3. The van der Waals surface area contributed by atoms with E-state index in [0.717, 1.165) is 21.9 Å². The maximum absolute atomic E-state index is 4.14. The molecule has 0 spiro atoms. The Balaban J connectivity index is 2.65. The van der Waals surface area contributed by atoms with Crippen LogP contribution < -0.4 is 0 Å². The summed E-state index contributed by atoms with van der Waals surface area (Å²) in [6, 6.07) is 3.79. The average molecular weight is 171 g/mol. The van der Waals surface area contributed by atoms with Crippen molar-refractivity contribution in [3.05, 3.63) is 24.7 Å². The van der Waals surface area contributed by atoms with E-state index in [4.69, 9.17) is 0 Å². The maximum atomic E-state index is 4.14. The molecule has 3 aromatic rings. The van der Waals surface area contributed by atoms with Crippen molar-refractivity contribution in [2.75, 3.05) is 0 Å². The molecule has 0 unspecified atom stereocenters. The van der Waals surface area contributed by atoms with Gasteiger partial charge in [-0.3, -0.25) is 0 Å². The summed E-state index contributed by atoms with van der Waals surface area (Å²) in [5.41, 5.74) is 2.58. The molecule has 0 aliphatic rings. The van der Waals surface area contributed by atoms with Gasteiger partial charge in [0.2, 0.25) is 0 Å². The van der Waals surface area contributed by atoms with Crippen LogP contribution in [0.5, 0.6) is 0 Å². The molecule has 0 radical (unpaired) electrons. The monoisotopic (exact) mass is 171 g/mol. The summed E-state index contributed by atoms with van der Waals surface area (Å²) in [6.45, 7) is 0. The van der Waals surface area contributed by atoms with E-state index < -0.39 is 0 Å². The lowest BCUT2D eigenvalue weighted by molar-refractivity contribution is 0.896. The zero-order valence-corrected chi connectivity index (χ0v) is 6.60. The van der Waals surface area contributed by atoms with Crippen LogP contribution in [-0.4, -0.2) is 25.4 Å². The molecule has 0 saturated carbocycles. The van der Waals surface area contributed by atoms with Crippen molar-refractivity contribution in [3.8, 4) is 0 Å². The quantitative estimate of drug-likeness (QED) is 0.545. The number of hydrogen-bond donors (Lipinski definition) is 1. The van der Waals surface area contributed by atoms with Gasteiger partial charge >= 0.3 is 0 Å². The van der Waals surface area contributed by atoms with Crippen LogP contribution >= 0.6 is 0 Å². The van der Waals surface area contributed by atoms with Crippen LogP contribution in [0.2, 0.25) is 0 Å². The SMILES string of the molecule is c1nc2ccc3n[nH]ncc3c2n1. The number of hydrogen-bond acceptors (Lipinski definition) is 4. The van der Waals surface area contributed by atoms with Crippen LogP contribution in [0.4, 0.5) is 0 Å². The van der Waals surface area contributed by atoms with E-state index in [1.165, 1.54) is 0 Å². The van der Waals surface area contributed by atoms with Crippen molar-refractivity contribution < 1.29 is 0 Å². The third-order valence-electron chi connectivity index (χ3n) is 1.98.